The van der Waals surface area contributed by atoms with E-state index in [1.165, 1.54) is 0 Å². The third-order valence-corrected chi connectivity index (χ3v) is 3.62. The van der Waals surface area contributed by atoms with Gasteiger partial charge in [0, 0.05) is 35.7 Å². The Hall–Kier alpha value is -2.16. The van der Waals surface area contributed by atoms with E-state index in [0.29, 0.717) is 18.7 Å². The summed E-state index contributed by atoms with van der Waals surface area (Å²) >= 11 is 1.59. The smallest absolute Gasteiger partial charge is 0.251 e. The maximum absolute atomic E-state index is 12.2. The second-order valence-electron chi connectivity index (χ2n) is 4.53. The van der Waals surface area contributed by atoms with E-state index >= 15 is 0 Å². The number of carbonyl (C=O) groups is 1. The Kier molecular flexibility index (Phi) is 5.50. The van der Waals surface area contributed by atoms with Gasteiger partial charge in [0.1, 0.15) is 0 Å². The molecule has 1 heterocycles. The molecule has 108 valence electrons. The molecule has 0 saturated carbocycles. The predicted octanol–water partition coefficient (Wildman–Crippen LogP) is 1.73. The molecule has 2 rings (SSSR count). The number of nitrogens with one attached hydrogen (secondary N) is 1. The number of nitrogens with two attached hydrogens (primary N) is 1. The van der Waals surface area contributed by atoms with E-state index in [1.54, 1.807) is 23.6 Å². The fourth-order valence-electron chi connectivity index (χ4n) is 1.90. The summed E-state index contributed by atoms with van der Waals surface area (Å²) in [7, 11) is 0. The lowest BCUT2D eigenvalue weighted by molar-refractivity contribution is 0.0954. The Morgan fingerprint density at radius 1 is 1.43 bits per heavy atom. The third-order valence-electron chi connectivity index (χ3n) is 2.78. The number of aromatic nitrogens is 1. The number of carbonyl (C=O) groups excluding carboxylic acids is 1. The first-order valence-electron chi connectivity index (χ1n) is 6.66. The molecule has 1 amide bonds. The van der Waals surface area contributed by atoms with Gasteiger partial charge in [-0.3, -0.25) is 4.79 Å². The highest BCUT2D eigenvalue weighted by atomic mass is 32.1. The molecule has 3 N–H and O–H groups in total. The maximum Gasteiger partial charge on any atom is 0.251 e. The second kappa shape index (κ2) is 7.58. The first-order valence-corrected chi connectivity index (χ1v) is 7.54. The number of rotatable bonds is 4. The van der Waals surface area contributed by atoms with Crippen LogP contribution < -0.4 is 11.1 Å². The summed E-state index contributed by atoms with van der Waals surface area (Å²) in [5, 5.41) is 5.86. The number of amides is 1. The molecule has 2 aromatic rings. The number of hydrogen-bond donors (Lipinski definition) is 2. The molecular weight excluding hydrogens is 282 g/mol. The van der Waals surface area contributed by atoms with Gasteiger partial charge in [0.25, 0.3) is 5.91 Å². The number of thiazole rings is 1. The van der Waals surface area contributed by atoms with Crippen molar-refractivity contribution in [1.29, 1.82) is 0 Å². The minimum atomic E-state index is -0.0916. The van der Waals surface area contributed by atoms with Crippen LogP contribution in [0.3, 0.4) is 0 Å². The molecule has 0 aliphatic heterocycles. The molecule has 0 fully saturated rings. The van der Waals surface area contributed by atoms with Gasteiger partial charge < -0.3 is 11.1 Å². The summed E-state index contributed by atoms with van der Waals surface area (Å²) in [6, 6.07) is 5.58. The zero-order chi connectivity index (χ0) is 15.1. The fourth-order valence-corrected chi connectivity index (χ4v) is 2.52. The maximum atomic E-state index is 12.2. The van der Waals surface area contributed by atoms with Crippen LogP contribution in [0.1, 0.15) is 26.5 Å². The zero-order valence-electron chi connectivity index (χ0n) is 11.8. The predicted molar refractivity (Wildman–Crippen MR) is 85.3 cm³/mol. The van der Waals surface area contributed by atoms with E-state index in [4.69, 9.17) is 5.73 Å². The Morgan fingerprint density at radius 3 is 3.00 bits per heavy atom. The first kappa shape index (κ1) is 15.2. The molecule has 0 bridgehead atoms. The molecule has 0 aliphatic rings. The molecular formula is C16H17N3OS. The van der Waals surface area contributed by atoms with Crippen molar-refractivity contribution < 1.29 is 4.79 Å². The van der Waals surface area contributed by atoms with E-state index in [1.807, 2.05) is 24.4 Å². The average molecular weight is 299 g/mol. The van der Waals surface area contributed by atoms with Crippen LogP contribution in [0.25, 0.3) is 0 Å². The summed E-state index contributed by atoms with van der Waals surface area (Å²) in [6.45, 7) is 2.83. The van der Waals surface area contributed by atoms with Crippen LogP contribution in [0.15, 0.2) is 29.8 Å². The summed E-state index contributed by atoms with van der Waals surface area (Å²) in [5.74, 6) is 5.66. The number of aryl methyl sites for hydroxylation is 1. The molecule has 1 aromatic carbocycles. The highest BCUT2D eigenvalue weighted by molar-refractivity contribution is 7.09. The molecule has 0 atom stereocenters. The average Bonchev–Trinajstić information content (AvgIpc) is 2.97. The lowest BCUT2D eigenvalue weighted by atomic mass is 10.1. The Morgan fingerprint density at radius 2 is 2.29 bits per heavy atom. The second-order valence-corrected chi connectivity index (χ2v) is 5.50. The van der Waals surface area contributed by atoms with Crippen LogP contribution in [0.2, 0.25) is 0 Å². The summed E-state index contributed by atoms with van der Waals surface area (Å²) in [5.41, 5.74) is 7.80. The van der Waals surface area contributed by atoms with Gasteiger partial charge in [-0.15, -0.1) is 11.3 Å². The Labute approximate surface area is 128 Å². The van der Waals surface area contributed by atoms with Crippen LogP contribution in [-0.4, -0.2) is 24.0 Å². The lowest BCUT2D eigenvalue weighted by Crippen LogP contribution is -2.25. The highest BCUT2D eigenvalue weighted by Crippen LogP contribution is 2.09. The van der Waals surface area contributed by atoms with Crippen LogP contribution in [0.5, 0.6) is 0 Å². The SMILES string of the molecule is Cc1cc(C#CCN)cc(C(=O)NCCc2nccs2)c1. The van der Waals surface area contributed by atoms with Gasteiger partial charge in [-0.2, -0.15) is 0 Å². The molecule has 21 heavy (non-hydrogen) atoms. The van der Waals surface area contributed by atoms with Gasteiger partial charge in [0.05, 0.1) is 11.6 Å². The van der Waals surface area contributed by atoms with Crippen molar-refractivity contribution in [3.63, 3.8) is 0 Å². The van der Waals surface area contributed by atoms with Gasteiger partial charge in [-0.25, -0.2) is 4.98 Å². The number of benzene rings is 1. The van der Waals surface area contributed by atoms with Gasteiger partial charge in [-0.1, -0.05) is 11.8 Å². The van der Waals surface area contributed by atoms with Crippen LogP contribution in [-0.2, 0) is 6.42 Å². The van der Waals surface area contributed by atoms with Gasteiger partial charge >= 0.3 is 0 Å². The zero-order valence-corrected chi connectivity index (χ0v) is 12.7. The molecule has 0 unspecified atom stereocenters. The van der Waals surface area contributed by atoms with Crippen LogP contribution in [0.4, 0.5) is 0 Å². The minimum Gasteiger partial charge on any atom is -0.352 e. The molecule has 0 spiro atoms. The van der Waals surface area contributed by atoms with Crippen molar-refractivity contribution in [1.82, 2.24) is 10.3 Å². The van der Waals surface area contributed by atoms with Crippen molar-refractivity contribution in [2.45, 2.75) is 13.3 Å². The normalized spacial score (nSPS) is 9.81. The summed E-state index contributed by atoms with van der Waals surface area (Å²) in [4.78, 5) is 16.3. The lowest BCUT2D eigenvalue weighted by Gasteiger charge is -2.06. The van der Waals surface area contributed by atoms with Crippen molar-refractivity contribution in [2.75, 3.05) is 13.1 Å². The molecule has 0 radical (unpaired) electrons. The molecule has 4 nitrogen and oxygen atoms in total. The summed E-state index contributed by atoms with van der Waals surface area (Å²) in [6.07, 6.45) is 2.51. The van der Waals surface area contributed by atoms with Crippen molar-refractivity contribution >= 4 is 17.2 Å². The van der Waals surface area contributed by atoms with E-state index in [2.05, 4.69) is 22.1 Å². The van der Waals surface area contributed by atoms with Crippen LogP contribution >= 0.6 is 11.3 Å². The highest BCUT2D eigenvalue weighted by Gasteiger charge is 2.07. The van der Waals surface area contributed by atoms with Crippen molar-refractivity contribution in [3.05, 3.63) is 51.5 Å². The topological polar surface area (TPSA) is 68.0 Å². The van der Waals surface area contributed by atoms with Crippen LogP contribution in [0, 0.1) is 18.8 Å². The largest absolute Gasteiger partial charge is 0.352 e. The standard InChI is InChI=1S/C16H17N3OS/c1-12-9-13(3-2-5-17)11-14(10-12)16(20)19-6-4-15-18-7-8-21-15/h7-11H,4-6,17H2,1H3,(H,19,20). The fraction of sp³-hybridized carbons (Fsp3) is 0.250. The van der Waals surface area contributed by atoms with Gasteiger partial charge in [0.2, 0.25) is 0 Å². The number of nitrogens with zero attached hydrogens (tertiary/aromatic N) is 1. The van der Waals surface area contributed by atoms with E-state index in [0.717, 1.165) is 22.6 Å². The summed E-state index contributed by atoms with van der Waals surface area (Å²) < 4.78 is 0. The Bertz CT molecular complexity index is 669. The molecule has 0 saturated heterocycles. The van der Waals surface area contributed by atoms with Gasteiger partial charge in [-0.05, 0) is 30.7 Å². The monoisotopic (exact) mass is 299 g/mol. The van der Waals surface area contributed by atoms with Crippen molar-refractivity contribution in [2.24, 2.45) is 5.73 Å². The minimum absolute atomic E-state index is 0.0916. The quantitative estimate of drug-likeness (QED) is 0.845. The van der Waals surface area contributed by atoms with Crippen molar-refractivity contribution in [3.8, 4) is 11.8 Å². The molecule has 0 aliphatic carbocycles. The molecule has 5 heteroatoms. The first-order chi connectivity index (χ1) is 10.2. The Balaban J connectivity index is 1.99. The number of hydrogen-bond acceptors (Lipinski definition) is 4. The van der Waals surface area contributed by atoms with E-state index in [-0.39, 0.29) is 5.91 Å². The molecule has 1 aromatic heterocycles. The van der Waals surface area contributed by atoms with Gasteiger partial charge in [0.15, 0.2) is 0 Å². The van der Waals surface area contributed by atoms with E-state index in [9.17, 15) is 4.79 Å². The van der Waals surface area contributed by atoms with E-state index < -0.39 is 0 Å². The third kappa shape index (κ3) is 4.71.